The van der Waals surface area contributed by atoms with Gasteiger partial charge in [-0.3, -0.25) is 4.79 Å². The third-order valence-electron chi connectivity index (χ3n) is 2.34. The van der Waals surface area contributed by atoms with Crippen LogP contribution in [0.5, 0.6) is 0 Å². The van der Waals surface area contributed by atoms with E-state index in [-0.39, 0.29) is 17.8 Å². The number of ether oxygens (including phenoxy) is 1. The zero-order chi connectivity index (χ0) is 14.3. The molecule has 1 atom stereocenters. The number of nitrogens with zero attached hydrogens (tertiary/aromatic N) is 1. The molecule has 4 N–H and O–H groups in total. The molecule has 19 heavy (non-hydrogen) atoms. The highest BCUT2D eigenvalue weighted by atomic mass is 32.1. The quantitative estimate of drug-likeness (QED) is 0.677. The molecule has 0 bridgehead atoms. The monoisotopic (exact) mass is 286 g/mol. The van der Waals surface area contributed by atoms with Crippen molar-refractivity contribution in [3.05, 3.63) is 4.88 Å². The Bertz CT molecular complexity index is 408. The van der Waals surface area contributed by atoms with Gasteiger partial charge in [-0.15, -0.1) is 0 Å². The average molecular weight is 286 g/mol. The highest BCUT2D eigenvalue weighted by Crippen LogP contribution is 2.24. The lowest BCUT2D eigenvalue weighted by molar-refractivity contribution is 0.0876. The van der Waals surface area contributed by atoms with Crippen molar-refractivity contribution in [2.45, 2.75) is 33.2 Å². The molecule has 0 saturated heterocycles. The maximum Gasteiger partial charge on any atom is 0.265 e. The molecule has 0 saturated carbocycles. The summed E-state index contributed by atoms with van der Waals surface area (Å²) in [7, 11) is 0. The lowest BCUT2D eigenvalue weighted by Gasteiger charge is -2.12. The summed E-state index contributed by atoms with van der Waals surface area (Å²) in [5, 5.41) is 6.64. The molecule has 1 rings (SSSR count). The molecule has 0 spiro atoms. The Kier molecular flexibility index (Phi) is 6.58. The first kappa shape index (κ1) is 15.7. The second-order valence-corrected chi connectivity index (χ2v) is 5.19. The van der Waals surface area contributed by atoms with Crippen LogP contribution in [0.4, 0.5) is 10.9 Å². The van der Waals surface area contributed by atoms with Gasteiger partial charge in [-0.25, -0.2) is 4.98 Å². The fraction of sp³-hybridized carbons (Fsp3) is 0.667. The molecule has 0 aliphatic rings. The highest BCUT2D eigenvalue weighted by molar-refractivity contribution is 7.18. The normalized spacial score (nSPS) is 12.2. The van der Waals surface area contributed by atoms with E-state index in [2.05, 4.69) is 22.5 Å². The van der Waals surface area contributed by atoms with Crippen molar-refractivity contribution in [2.75, 3.05) is 30.8 Å². The first-order chi connectivity index (χ1) is 9.08. The number of nitrogens with one attached hydrogen (secondary N) is 2. The molecular weight excluding hydrogens is 264 g/mol. The lowest BCUT2D eigenvalue weighted by Crippen LogP contribution is -2.35. The Morgan fingerprint density at radius 3 is 2.89 bits per heavy atom. The smallest absolute Gasteiger partial charge is 0.265 e. The standard InChI is InChI=1S/C12H22N4O2S/c1-4-6-14-12-16-10(13)9(19-12)11(17)15-8(3)7-18-5-2/h8H,4-7,13H2,1-3H3,(H,14,16)(H,15,17). The second-order valence-electron chi connectivity index (χ2n) is 4.19. The zero-order valence-electron chi connectivity index (χ0n) is 11.7. The summed E-state index contributed by atoms with van der Waals surface area (Å²) < 4.78 is 5.25. The van der Waals surface area contributed by atoms with Crippen molar-refractivity contribution >= 4 is 28.2 Å². The number of rotatable bonds is 8. The molecule has 1 aromatic heterocycles. The molecule has 1 heterocycles. The predicted molar refractivity (Wildman–Crippen MR) is 78.7 cm³/mol. The van der Waals surface area contributed by atoms with Gasteiger partial charge in [0.05, 0.1) is 6.61 Å². The number of nitrogen functional groups attached to an aromatic ring is 1. The van der Waals surface area contributed by atoms with Crippen molar-refractivity contribution in [1.82, 2.24) is 10.3 Å². The summed E-state index contributed by atoms with van der Waals surface area (Å²) in [4.78, 5) is 16.6. The molecule has 6 nitrogen and oxygen atoms in total. The van der Waals surface area contributed by atoms with Gasteiger partial charge >= 0.3 is 0 Å². The number of aromatic nitrogens is 1. The molecule has 0 radical (unpaired) electrons. The van der Waals surface area contributed by atoms with E-state index in [0.29, 0.717) is 23.2 Å². The molecule has 7 heteroatoms. The largest absolute Gasteiger partial charge is 0.382 e. The molecule has 0 aliphatic heterocycles. The summed E-state index contributed by atoms with van der Waals surface area (Å²) in [6.45, 7) is 7.81. The molecular formula is C12H22N4O2S. The number of hydrogen-bond acceptors (Lipinski definition) is 6. The van der Waals surface area contributed by atoms with Crippen LogP contribution in [0.25, 0.3) is 0 Å². The van der Waals surface area contributed by atoms with E-state index in [4.69, 9.17) is 10.5 Å². The zero-order valence-corrected chi connectivity index (χ0v) is 12.5. The van der Waals surface area contributed by atoms with E-state index in [1.54, 1.807) is 0 Å². The SMILES string of the molecule is CCCNc1nc(N)c(C(=O)NC(C)COCC)s1. The Balaban J connectivity index is 2.58. The summed E-state index contributed by atoms with van der Waals surface area (Å²) >= 11 is 1.27. The summed E-state index contributed by atoms with van der Waals surface area (Å²) in [5.74, 6) is 0.0662. The van der Waals surface area contributed by atoms with E-state index in [1.165, 1.54) is 11.3 Å². The average Bonchev–Trinajstić information content (AvgIpc) is 2.75. The lowest BCUT2D eigenvalue weighted by atomic mass is 10.3. The molecule has 1 aromatic rings. The van der Waals surface area contributed by atoms with Crippen LogP contribution in [-0.4, -0.2) is 36.7 Å². The Labute approximate surface area is 117 Å². The third-order valence-corrected chi connectivity index (χ3v) is 3.36. The molecule has 0 aromatic carbocycles. The van der Waals surface area contributed by atoms with E-state index >= 15 is 0 Å². The fourth-order valence-corrected chi connectivity index (χ4v) is 2.24. The molecule has 1 unspecified atom stereocenters. The molecule has 0 fully saturated rings. The van der Waals surface area contributed by atoms with E-state index in [0.717, 1.165) is 13.0 Å². The Hall–Kier alpha value is -1.34. The molecule has 1 amide bonds. The number of hydrogen-bond donors (Lipinski definition) is 3. The van der Waals surface area contributed by atoms with Crippen molar-refractivity contribution in [2.24, 2.45) is 0 Å². The number of nitrogens with two attached hydrogens (primary N) is 1. The van der Waals surface area contributed by atoms with E-state index in [9.17, 15) is 4.79 Å². The van der Waals surface area contributed by atoms with Crippen LogP contribution in [0.1, 0.15) is 36.9 Å². The first-order valence-corrected chi connectivity index (χ1v) is 7.28. The van der Waals surface area contributed by atoms with Crippen molar-refractivity contribution in [3.63, 3.8) is 0 Å². The van der Waals surface area contributed by atoms with Gasteiger partial charge in [0.15, 0.2) is 5.13 Å². The maximum atomic E-state index is 12.0. The fourth-order valence-electron chi connectivity index (χ4n) is 1.43. The Morgan fingerprint density at radius 2 is 2.26 bits per heavy atom. The summed E-state index contributed by atoms with van der Waals surface area (Å²) in [6, 6.07) is -0.0546. The summed E-state index contributed by atoms with van der Waals surface area (Å²) in [6.07, 6.45) is 0.992. The van der Waals surface area contributed by atoms with Gasteiger partial charge in [0, 0.05) is 19.2 Å². The van der Waals surface area contributed by atoms with Crippen LogP contribution < -0.4 is 16.4 Å². The number of carbonyl (C=O) groups excluding carboxylic acids is 1. The maximum absolute atomic E-state index is 12.0. The van der Waals surface area contributed by atoms with Gasteiger partial charge in [0.1, 0.15) is 10.7 Å². The van der Waals surface area contributed by atoms with Gasteiger partial charge in [-0.05, 0) is 20.3 Å². The third kappa shape index (κ3) is 5.04. The van der Waals surface area contributed by atoms with Gasteiger partial charge < -0.3 is 21.1 Å². The first-order valence-electron chi connectivity index (χ1n) is 6.47. The van der Waals surface area contributed by atoms with E-state index in [1.807, 2.05) is 13.8 Å². The topological polar surface area (TPSA) is 89.3 Å². The van der Waals surface area contributed by atoms with Crippen LogP contribution in [0.2, 0.25) is 0 Å². The molecule has 0 aliphatic carbocycles. The van der Waals surface area contributed by atoms with Crippen LogP contribution in [0.15, 0.2) is 0 Å². The molecule has 108 valence electrons. The minimum absolute atomic E-state index is 0.0546. The van der Waals surface area contributed by atoms with Gasteiger partial charge in [-0.2, -0.15) is 0 Å². The van der Waals surface area contributed by atoms with Crippen LogP contribution in [-0.2, 0) is 4.74 Å². The minimum atomic E-state index is -0.202. The van der Waals surface area contributed by atoms with Crippen molar-refractivity contribution in [3.8, 4) is 0 Å². The van der Waals surface area contributed by atoms with E-state index < -0.39 is 0 Å². The highest BCUT2D eigenvalue weighted by Gasteiger charge is 2.17. The van der Waals surface area contributed by atoms with Crippen LogP contribution >= 0.6 is 11.3 Å². The van der Waals surface area contributed by atoms with Crippen LogP contribution in [0.3, 0.4) is 0 Å². The Morgan fingerprint density at radius 1 is 1.53 bits per heavy atom. The number of anilines is 2. The number of carbonyl (C=O) groups is 1. The second kappa shape index (κ2) is 7.96. The van der Waals surface area contributed by atoms with Gasteiger partial charge in [-0.1, -0.05) is 18.3 Å². The summed E-state index contributed by atoms with van der Waals surface area (Å²) in [5.41, 5.74) is 5.76. The van der Waals surface area contributed by atoms with Gasteiger partial charge in [0.25, 0.3) is 5.91 Å². The van der Waals surface area contributed by atoms with Gasteiger partial charge in [0.2, 0.25) is 0 Å². The predicted octanol–water partition coefficient (Wildman–Crippen LogP) is 1.70. The van der Waals surface area contributed by atoms with Crippen LogP contribution in [0, 0.1) is 0 Å². The number of amides is 1. The minimum Gasteiger partial charge on any atom is -0.382 e. The van der Waals surface area contributed by atoms with Crippen molar-refractivity contribution in [1.29, 1.82) is 0 Å². The number of thiazole rings is 1. The van der Waals surface area contributed by atoms with Crippen molar-refractivity contribution < 1.29 is 9.53 Å².